The molecule has 5 nitrogen and oxygen atoms in total. The minimum absolute atomic E-state index is 0.288. The van der Waals surface area contributed by atoms with Crippen LogP contribution in [0.4, 0.5) is 10.8 Å². The molecule has 1 aromatic rings. The van der Waals surface area contributed by atoms with Crippen molar-refractivity contribution in [1.82, 2.24) is 4.37 Å². The lowest BCUT2D eigenvalue weighted by molar-refractivity contribution is 0.0528. The van der Waals surface area contributed by atoms with Crippen molar-refractivity contribution < 1.29 is 9.53 Å². The second kappa shape index (κ2) is 6.23. The van der Waals surface area contributed by atoms with Crippen molar-refractivity contribution in [2.24, 2.45) is 5.92 Å². The largest absolute Gasteiger partial charge is 0.462 e. The molecule has 2 rings (SSSR count). The number of anilines is 2. The summed E-state index contributed by atoms with van der Waals surface area (Å²) in [6, 6.07) is 0. The highest BCUT2D eigenvalue weighted by molar-refractivity contribution is 7.11. The molecule has 6 heteroatoms. The Morgan fingerprint density at radius 1 is 1.53 bits per heavy atom. The van der Waals surface area contributed by atoms with Crippen LogP contribution in [0.2, 0.25) is 0 Å². The van der Waals surface area contributed by atoms with E-state index in [1.807, 2.05) is 0 Å². The van der Waals surface area contributed by atoms with Gasteiger partial charge in [0, 0.05) is 13.1 Å². The van der Waals surface area contributed by atoms with E-state index in [2.05, 4.69) is 16.2 Å². The average Bonchev–Trinajstić information content (AvgIpc) is 2.62. The molecule has 1 aliphatic heterocycles. The van der Waals surface area contributed by atoms with E-state index in [4.69, 9.17) is 10.5 Å². The summed E-state index contributed by atoms with van der Waals surface area (Å²) < 4.78 is 9.19. The predicted molar refractivity (Wildman–Crippen MR) is 77.7 cm³/mol. The quantitative estimate of drug-likeness (QED) is 0.863. The molecule has 106 valence electrons. The molecule has 0 aromatic carbocycles. The molecule has 1 aliphatic rings. The standard InChI is InChI=1S/C13H21N3O2S/c1-3-18-13(17)10-11(14)15-19-12(10)16-7-4-5-9(2)6-8-16/h9H,3-8H2,1-2H3,(H2,14,15). The summed E-state index contributed by atoms with van der Waals surface area (Å²) in [7, 11) is 0. The molecular weight excluding hydrogens is 262 g/mol. The highest BCUT2D eigenvalue weighted by Crippen LogP contribution is 2.33. The van der Waals surface area contributed by atoms with E-state index < -0.39 is 0 Å². The minimum Gasteiger partial charge on any atom is -0.462 e. The van der Waals surface area contributed by atoms with Crippen LogP contribution in [0.5, 0.6) is 0 Å². The maximum atomic E-state index is 12.0. The van der Waals surface area contributed by atoms with E-state index in [0.29, 0.717) is 12.2 Å². The van der Waals surface area contributed by atoms with E-state index in [9.17, 15) is 4.79 Å². The molecule has 1 aromatic heterocycles. The van der Waals surface area contributed by atoms with E-state index in [1.54, 1.807) is 6.92 Å². The Bertz CT molecular complexity index is 447. The molecule has 1 atom stereocenters. The Kier molecular flexibility index (Phi) is 4.63. The van der Waals surface area contributed by atoms with Gasteiger partial charge >= 0.3 is 5.97 Å². The molecule has 1 saturated heterocycles. The Labute approximate surface area is 117 Å². The summed E-state index contributed by atoms with van der Waals surface area (Å²) in [5.74, 6) is 0.665. The van der Waals surface area contributed by atoms with Crippen LogP contribution in [0.25, 0.3) is 0 Å². The summed E-state index contributed by atoms with van der Waals surface area (Å²) in [6.45, 7) is 6.33. The number of rotatable bonds is 3. The maximum absolute atomic E-state index is 12.0. The molecule has 0 saturated carbocycles. The van der Waals surface area contributed by atoms with Crippen molar-refractivity contribution in [1.29, 1.82) is 0 Å². The number of nitrogens with two attached hydrogens (primary N) is 1. The molecule has 1 unspecified atom stereocenters. The smallest absolute Gasteiger partial charge is 0.345 e. The SMILES string of the molecule is CCOC(=O)c1c(N)nsc1N1CCCC(C)CC1. The number of esters is 1. The lowest BCUT2D eigenvalue weighted by Crippen LogP contribution is -2.25. The van der Waals surface area contributed by atoms with Gasteiger partial charge in [0.2, 0.25) is 0 Å². The monoisotopic (exact) mass is 283 g/mol. The fourth-order valence-electron chi connectivity index (χ4n) is 2.37. The van der Waals surface area contributed by atoms with Crippen LogP contribution >= 0.6 is 11.5 Å². The van der Waals surface area contributed by atoms with Crippen LogP contribution in [0.15, 0.2) is 0 Å². The second-order valence-corrected chi connectivity index (χ2v) is 5.74. The third-order valence-corrected chi connectivity index (χ3v) is 4.41. The van der Waals surface area contributed by atoms with Crippen LogP contribution in [0.1, 0.15) is 43.5 Å². The molecule has 19 heavy (non-hydrogen) atoms. The highest BCUT2D eigenvalue weighted by Gasteiger charge is 2.25. The van der Waals surface area contributed by atoms with Gasteiger partial charge in [0.15, 0.2) is 5.82 Å². The van der Waals surface area contributed by atoms with Crippen LogP contribution in [-0.4, -0.2) is 30.0 Å². The van der Waals surface area contributed by atoms with Gasteiger partial charge in [0.1, 0.15) is 10.6 Å². The first-order valence-corrected chi connectivity index (χ1v) is 7.58. The summed E-state index contributed by atoms with van der Waals surface area (Å²) in [6.07, 6.45) is 3.51. The van der Waals surface area contributed by atoms with Gasteiger partial charge in [-0.2, -0.15) is 4.37 Å². The molecule has 1 fully saturated rings. The predicted octanol–water partition coefficient (Wildman–Crippen LogP) is 2.53. The van der Waals surface area contributed by atoms with Crippen molar-refractivity contribution in [2.45, 2.75) is 33.1 Å². The van der Waals surface area contributed by atoms with Crippen molar-refractivity contribution in [3.05, 3.63) is 5.56 Å². The number of aromatic nitrogens is 1. The summed E-state index contributed by atoms with van der Waals surface area (Å²) in [5, 5.41) is 0.866. The molecule has 2 N–H and O–H groups in total. The van der Waals surface area contributed by atoms with Crippen LogP contribution in [0, 0.1) is 5.92 Å². The number of carbonyl (C=O) groups is 1. The normalized spacial score (nSPS) is 20.1. The van der Waals surface area contributed by atoms with Gasteiger partial charge in [-0.25, -0.2) is 4.79 Å². The molecule has 0 spiro atoms. The molecule has 2 heterocycles. The molecule has 0 radical (unpaired) electrons. The van der Waals surface area contributed by atoms with Crippen LogP contribution in [0.3, 0.4) is 0 Å². The average molecular weight is 283 g/mol. The van der Waals surface area contributed by atoms with Gasteiger partial charge in [-0.05, 0) is 43.6 Å². The van der Waals surface area contributed by atoms with Crippen LogP contribution in [-0.2, 0) is 4.74 Å². The van der Waals surface area contributed by atoms with Crippen molar-refractivity contribution in [2.75, 3.05) is 30.3 Å². The highest BCUT2D eigenvalue weighted by atomic mass is 32.1. The van der Waals surface area contributed by atoms with Crippen LogP contribution < -0.4 is 10.6 Å². The number of carbonyl (C=O) groups excluding carboxylic acids is 1. The van der Waals surface area contributed by atoms with E-state index >= 15 is 0 Å². The van der Waals surface area contributed by atoms with Gasteiger partial charge in [-0.3, -0.25) is 0 Å². The third-order valence-electron chi connectivity index (χ3n) is 3.48. The van der Waals surface area contributed by atoms with Gasteiger partial charge in [-0.15, -0.1) is 0 Å². The Morgan fingerprint density at radius 2 is 2.32 bits per heavy atom. The fourth-order valence-corrected chi connectivity index (χ4v) is 3.22. The lowest BCUT2D eigenvalue weighted by Gasteiger charge is -2.21. The zero-order chi connectivity index (χ0) is 13.8. The number of nitrogen functional groups attached to an aromatic ring is 1. The zero-order valence-corrected chi connectivity index (χ0v) is 12.3. The molecule has 0 aliphatic carbocycles. The number of hydrogen-bond acceptors (Lipinski definition) is 6. The van der Waals surface area contributed by atoms with Gasteiger partial charge in [0.05, 0.1) is 6.61 Å². The van der Waals surface area contributed by atoms with Gasteiger partial charge in [0.25, 0.3) is 0 Å². The number of ether oxygens (including phenoxy) is 1. The minimum atomic E-state index is -0.360. The Morgan fingerprint density at radius 3 is 3.05 bits per heavy atom. The van der Waals surface area contributed by atoms with E-state index in [-0.39, 0.29) is 11.8 Å². The first kappa shape index (κ1) is 14.1. The lowest BCUT2D eigenvalue weighted by atomic mass is 10.0. The van der Waals surface area contributed by atoms with E-state index in [0.717, 1.165) is 36.9 Å². The van der Waals surface area contributed by atoms with Gasteiger partial charge < -0.3 is 15.4 Å². The Hall–Kier alpha value is -1.30. The molecule has 0 bridgehead atoms. The number of nitrogens with zero attached hydrogens (tertiary/aromatic N) is 2. The molecule has 0 amide bonds. The van der Waals surface area contributed by atoms with Crippen molar-refractivity contribution >= 4 is 28.3 Å². The fraction of sp³-hybridized carbons (Fsp3) is 0.692. The van der Waals surface area contributed by atoms with Crippen molar-refractivity contribution in [3.63, 3.8) is 0 Å². The summed E-state index contributed by atoms with van der Waals surface area (Å²) >= 11 is 1.30. The zero-order valence-electron chi connectivity index (χ0n) is 11.5. The first-order chi connectivity index (χ1) is 9.13. The first-order valence-electron chi connectivity index (χ1n) is 6.80. The topological polar surface area (TPSA) is 68.5 Å². The number of hydrogen-bond donors (Lipinski definition) is 1. The third kappa shape index (κ3) is 3.18. The Balaban J connectivity index is 2.22. The van der Waals surface area contributed by atoms with E-state index in [1.165, 1.54) is 18.0 Å². The summed E-state index contributed by atoms with van der Waals surface area (Å²) in [4.78, 5) is 14.2. The maximum Gasteiger partial charge on any atom is 0.345 e. The molecular formula is C13H21N3O2S. The second-order valence-electron chi connectivity index (χ2n) is 4.99. The summed E-state index contributed by atoms with van der Waals surface area (Å²) in [5.41, 5.74) is 6.26. The van der Waals surface area contributed by atoms with Crippen molar-refractivity contribution in [3.8, 4) is 0 Å². The van der Waals surface area contributed by atoms with Gasteiger partial charge in [-0.1, -0.05) is 6.92 Å².